The molecule has 2 aliphatic heterocycles. The van der Waals surface area contributed by atoms with Crippen molar-refractivity contribution in [3.05, 3.63) is 72.1 Å². The van der Waals surface area contributed by atoms with Crippen LogP contribution in [0.3, 0.4) is 0 Å². The van der Waals surface area contributed by atoms with Crippen molar-refractivity contribution in [1.82, 2.24) is 0 Å². The topological polar surface area (TPSA) is 53.9 Å². The number of primary amides is 1. The third-order valence-electron chi connectivity index (χ3n) is 7.06. The number of carbonyl (C=O) groups excluding carboxylic acids is 1. The lowest BCUT2D eigenvalue weighted by molar-refractivity contribution is -0.119. The summed E-state index contributed by atoms with van der Waals surface area (Å²) < 4.78 is 0. The summed E-state index contributed by atoms with van der Waals surface area (Å²) in [4.78, 5) is 19.4. The molecule has 4 aliphatic rings. The minimum atomic E-state index is -0.113. The number of benzene rings is 2. The van der Waals surface area contributed by atoms with Gasteiger partial charge in [0.2, 0.25) is 11.9 Å². The molecule has 5 heteroatoms. The Bertz CT molecular complexity index is 901. The molecule has 6 atom stereocenters. The molecule has 2 saturated heterocycles. The summed E-state index contributed by atoms with van der Waals surface area (Å²) >= 11 is 0. The van der Waals surface area contributed by atoms with E-state index in [-0.39, 0.29) is 11.8 Å². The molecule has 148 valence electrons. The minimum Gasteiger partial charge on any atom is -0.371 e. The van der Waals surface area contributed by atoms with Crippen molar-refractivity contribution in [2.45, 2.75) is 6.04 Å². The van der Waals surface area contributed by atoms with E-state index >= 15 is 0 Å². The molecule has 2 unspecified atom stereocenters. The third-order valence-corrected chi connectivity index (χ3v) is 7.06. The Balaban J connectivity index is 0.000000125. The molecule has 2 aromatic rings. The lowest BCUT2D eigenvalue weighted by Crippen LogP contribution is -2.28. The maximum Gasteiger partial charge on any atom is 0.233 e. The second-order valence-corrected chi connectivity index (χ2v) is 8.68. The Kier molecular flexibility index (Phi) is 4.43. The van der Waals surface area contributed by atoms with Gasteiger partial charge in [-0.25, -0.2) is 6.57 Å². The fourth-order valence-electron chi connectivity index (χ4n) is 5.33. The van der Waals surface area contributed by atoms with Crippen LogP contribution >= 0.6 is 0 Å². The first kappa shape index (κ1) is 18.1. The number of rotatable bonds is 3. The van der Waals surface area contributed by atoms with Crippen LogP contribution < -0.4 is 15.5 Å². The van der Waals surface area contributed by atoms with Crippen molar-refractivity contribution in [3.63, 3.8) is 0 Å². The largest absolute Gasteiger partial charge is 0.371 e. The second kappa shape index (κ2) is 7.11. The van der Waals surface area contributed by atoms with Crippen LogP contribution in [0, 0.1) is 36.2 Å². The minimum absolute atomic E-state index is 0.113. The van der Waals surface area contributed by atoms with E-state index in [0.29, 0.717) is 29.7 Å². The lowest BCUT2D eigenvalue weighted by atomic mass is 10.2. The average molecular weight is 386 g/mol. The first-order chi connectivity index (χ1) is 14.2. The van der Waals surface area contributed by atoms with Crippen molar-refractivity contribution in [2.75, 3.05) is 36.0 Å². The second-order valence-electron chi connectivity index (χ2n) is 8.68. The molecule has 0 radical (unpaired) electrons. The van der Waals surface area contributed by atoms with Crippen LogP contribution in [-0.4, -0.2) is 38.1 Å². The predicted octanol–water partition coefficient (Wildman–Crippen LogP) is 2.89. The number of hydrogen-bond donors (Lipinski definition) is 1. The lowest BCUT2D eigenvalue weighted by Gasteiger charge is -2.21. The standard InChI is InChI=1S/C12H14N2O.C12H12N2/c13-12(15)11-9-6-14(7-10(9)11)8-4-2-1-3-5-8;1-13-12-10-7-14(8-11(10)12)9-5-3-2-4-6-9/h1-5,9-11H,6-7H2,(H2,13,15);2-6,10-12H,7-8H2/t9-,10+,11?;10-,11+,12?. The summed E-state index contributed by atoms with van der Waals surface area (Å²) in [5, 5.41) is 0. The van der Waals surface area contributed by atoms with Crippen LogP contribution in [0.15, 0.2) is 60.7 Å². The van der Waals surface area contributed by atoms with Crippen molar-refractivity contribution >= 4 is 17.3 Å². The van der Waals surface area contributed by atoms with Crippen molar-refractivity contribution in [2.24, 2.45) is 35.3 Å². The number of amides is 1. The summed E-state index contributed by atoms with van der Waals surface area (Å²) in [6, 6.07) is 21.2. The van der Waals surface area contributed by atoms with Gasteiger partial charge in [0, 0.05) is 43.5 Å². The van der Waals surface area contributed by atoms with Crippen molar-refractivity contribution < 1.29 is 4.79 Å². The van der Waals surface area contributed by atoms with Crippen LogP contribution in [0.5, 0.6) is 0 Å². The van der Waals surface area contributed by atoms with Gasteiger partial charge in [0.25, 0.3) is 0 Å². The SMILES string of the molecule is NC(=O)C1[C@H]2CN(c3ccccc3)C[C@@H]12.[C-]#[N+]C1[C@H]2CN(c3ccccc3)C[C@@H]12. The highest BCUT2D eigenvalue weighted by atomic mass is 16.1. The Morgan fingerprint density at radius 1 is 0.793 bits per heavy atom. The first-order valence-corrected chi connectivity index (χ1v) is 10.4. The first-order valence-electron chi connectivity index (χ1n) is 10.4. The molecule has 2 N–H and O–H groups in total. The molecule has 2 heterocycles. The highest BCUT2D eigenvalue weighted by Gasteiger charge is 2.62. The fraction of sp³-hybridized carbons (Fsp3) is 0.417. The number of piperidine rings is 2. The summed E-state index contributed by atoms with van der Waals surface area (Å²) in [6.07, 6.45) is 0. The fourth-order valence-corrected chi connectivity index (χ4v) is 5.33. The molecule has 29 heavy (non-hydrogen) atoms. The van der Waals surface area contributed by atoms with Gasteiger partial charge in [-0.05, 0) is 36.1 Å². The molecule has 6 rings (SSSR count). The molecule has 0 aromatic heterocycles. The molecule has 0 bridgehead atoms. The number of anilines is 2. The van der Waals surface area contributed by atoms with E-state index in [2.05, 4.69) is 51.0 Å². The van der Waals surface area contributed by atoms with Gasteiger partial charge < -0.3 is 20.4 Å². The number of carbonyl (C=O) groups is 1. The molecule has 2 saturated carbocycles. The van der Waals surface area contributed by atoms with Gasteiger partial charge in [-0.2, -0.15) is 0 Å². The number of nitrogens with two attached hydrogens (primary N) is 1. The normalized spacial score (nSPS) is 33.1. The molecule has 1 amide bonds. The van der Waals surface area contributed by atoms with Crippen molar-refractivity contribution in [3.8, 4) is 0 Å². The number of fused-ring (bicyclic) bond motifs is 2. The van der Waals surface area contributed by atoms with E-state index in [1.54, 1.807) is 0 Å². The van der Waals surface area contributed by atoms with E-state index in [4.69, 9.17) is 12.3 Å². The zero-order valence-electron chi connectivity index (χ0n) is 16.4. The van der Waals surface area contributed by atoms with E-state index < -0.39 is 0 Å². The number of nitrogens with zero attached hydrogens (tertiary/aromatic N) is 3. The number of hydrogen-bond acceptors (Lipinski definition) is 3. The third kappa shape index (κ3) is 3.33. The summed E-state index contributed by atoms with van der Waals surface area (Å²) in [7, 11) is 0. The molecule has 2 aromatic carbocycles. The van der Waals surface area contributed by atoms with Crippen molar-refractivity contribution in [1.29, 1.82) is 0 Å². The predicted molar refractivity (Wildman–Crippen MR) is 114 cm³/mol. The number of para-hydroxylation sites is 2. The molecule has 4 fully saturated rings. The Hall–Kier alpha value is -3.00. The van der Waals surface area contributed by atoms with E-state index in [9.17, 15) is 4.79 Å². The van der Waals surface area contributed by atoms with Gasteiger partial charge in [-0.3, -0.25) is 4.79 Å². The zero-order chi connectivity index (χ0) is 20.0. The Morgan fingerprint density at radius 2 is 1.21 bits per heavy atom. The van der Waals surface area contributed by atoms with Crippen LogP contribution in [0.2, 0.25) is 0 Å². The van der Waals surface area contributed by atoms with Crippen LogP contribution in [-0.2, 0) is 4.79 Å². The van der Waals surface area contributed by atoms with E-state index in [1.807, 2.05) is 24.3 Å². The van der Waals surface area contributed by atoms with Crippen LogP contribution in [0.4, 0.5) is 11.4 Å². The molecular weight excluding hydrogens is 360 g/mol. The Morgan fingerprint density at radius 3 is 1.59 bits per heavy atom. The summed E-state index contributed by atoms with van der Waals surface area (Å²) in [5.41, 5.74) is 7.88. The van der Waals surface area contributed by atoms with Gasteiger partial charge >= 0.3 is 0 Å². The maximum atomic E-state index is 11.0. The smallest absolute Gasteiger partial charge is 0.233 e. The maximum absolute atomic E-state index is 11.0. The Labute approximate surface area is 171 Å². The summed E-state index contributed by atoms with van der Waals surface area (Å²) in [6.45, 7) is 11.1. The highest BCUT2D eigenvalue weighted by Crippen LogP contribution is 2.52. The van der Waals surface area contributed by atoms with Gasteiger partial charge in [-0.1, -0.05) is 36.4 Å². The summed E-state index contributed by atoms with van der Waals surface area (Å²) in [5.74, 6) is 2.40. The quantitative estimate of drug-likeness (QED) is 0.826. The van der Waals surface area contributed by atoms with E-state index in [1.165, 1.54) is 11.4 Å². The molecule has 0 spiro atoms. The van der Waals surface area contributed by atoms with Gasteiger partial charge in [0.15, 0.2) is 0 Å². The monoisotopic (exact) mass is 386 g/mol. The molecule has 2 aliphatic carbocycles. The average Bonchev–Trinajstić information content (AvgIpc) is 3.48. The van der Waals surface area contributed by atoms with Crippen LogP contribution in [0.1, 0.15) is 0 Å². The van der Waals surface area contributed by atoms with E-state index in [0.717, 1.165) is 26.2 Å². The van der Waals surface area contributed by atoms with Gasteiger partial charge in [-0.15, -0.1) is 0 Å². The molecular formula is C24H26N4O. The van der Waals surface area contributed by atoms with Crippen LogP contribution in [0.25, 0.3) is 4.85 Å². The molecule has 5 nitrogen and oxygen atoms in total. The van der Waals surface area contributed by atoms with Gasteiger partial charge in [0.1, 0.15) is 0 Å². The highest BCUT2D eigenvalue weighted by molar-refractivity contribution is 5.81. The van der Waals surface area contributed by atoms with Gasteiger partial charge in [0.05, 0.1) is 11.8 Å². The zero-order valence-corrected chi connectivity index (χ0v) is 16.4.